The van der Waals surface area contributed by atoms with E-state index in [1.54, 1.807) is 11.8 Å². The third-order valence-electron chi connectivity index (χ3n) is 7.28. The standard InChI is InChI=1S/C32H18N2O2S/c35-31-20-11-4-5-14-24(20)34-26-18-29-27(17-23(26)32(36)22-13-8-12-21(31)30(22)34)33(19-9-2-1-3-10-19)25-15-6-7-16-28(25)37-29/h1-18H. The first kappa shape index (κ1) is 20.6. The number of anilines is 3. The van der Waals surface area contributed by atoms with E-state index in [1.165, 1.54) is 0 Å². The lowest BCUT2D eigenvalue weighted by molar-refractivity contribution is 1.17. The Morgan fingerprint density at radius 1 is 0.514 bits per heavy atom. The Morgan fingerprint density at radius 2 is 1.19 bits per heavy atom. The molecule has 0 unspecified atom stereocenters. The van der Waals surface area contributed by atoms with Gasteiger partial charge in [-0.3, -0.25) is 9.59 Å². The molecule has 3 heterocycles. The van der Waals surface area contributed by atoms with Gasteiger partial charge < -0.3 is 9.30 Å². The minimum Gasteiger partial charge on any atom is -0.308 e. The Hall–Kier alpha value is -4.61. The highest BCUT2D eigenvalue weighted by molar-refractivity contribution is 7.99. The number of pyridine rings is 2. The zero-order chi connectivity index (χ0) is 24.7. The molecule has 7 aromatic rings. The summed E-state index contributed by atoms with van der Waals surface area (Å²) in [6.45, 7) is 0. The van der Waals surface area contributed by atoms with Crippen molar-refractivity contribution in [3.63, 3.8) is 0 Å². The van der Waals surface area contributed by atoms with Crippen molar-refractivity contribution in [3.05, 3.63) is 130 Å². The van der Waals surface area contributed by atoms with Crippen LogP contribution in [-0.2, 0) is 0 Å². The molecule has 174 valence electrons. The molecule has 0 aliphatic carbocycles. The maximum absolute atomic E-state index is 14.0. The van der Waals surface area contributed by atoms with Gasteiger partial charge in [-0.1, -0.05) is 60.3 Å². The van der Waals surface area contributed by atoms with Crippen molar-refractivity contribution in [1.82, 2.24) is 4.40 Å². The molecule has 1 aliphatic rings. The van der Waals surface area contributed by atoms with Gasteiger partial charge in [0.2, 0.25) is 0 Å². The summed E-state index contributed by atoms with van der Waals surface area (Å²) in [4.78, 5) is 31.8. The van der Waals surface area contributed by atoms with E-state index >= 15 is 0 Å². The van der Waals surface area contributed by atoms with Crippen LogP contribution in [0.1, 0.15) is 0 Å². The van der Waals surface area contributed by atoms with Gasteiger partial charge in [-0.2, -0.15) is 0 Å². The molecule has 0 fully saturated rings. The summed E-state index contributed by atoms with van der Waals surface area (Å²) in [6.07, 6.45) is 0. The van der Waals surface area contributed by atoms with Crippen LogP contribution < -0.4 is 15.8 Å². The second-order valence-electron chi connectivity index (χ2n) is 9.29. The first-order valence-electron chi connectivity index (χ1n) is 12.1. The number of fused-ring (bicyclic) bond motifs is 6. The summed E-state index contributed by atoms with van der Waals surface area (Å²) < 4.78 is 2.10. The molecule has 5 heteroatoms. The minimum atomic E-state index is -0.0602. The van der Waals surface area contributed by atoms with Crippen LogP contribution in [0.2, 0.25) is 0 Å². The van der Waals surface area contributed by atoms with Crippen molar-refractivity contribution in [2.24, 2.45) is 0 Å². The molecule has 0 saturated heterocycles. The highest BCUT2D eigenvalue weighted by Crippen LogP contribution is 2.52. The number of hydrogen-bond acceptors (Lipinski definition) is 4. The predicted molar refractivity (Wildman–Crippen MR) is 152 cm³/mol. The van der Waals surface area contributed by atoms with Gasteiger partial charge in [0.25, 0.3) is 0 Å². The molecule has 0 atom stereocenters. The first-order chi connectivity index (χ1) is 18.2. The maximum Gasteiger partial charge on any atom is 0.197 e. The fourth-order valence-corrected chi connectivity index (χ4v) is 6.76. The average molecular weight is 495 g/mol. The van der Waals surface area contributed by atoms with Crippen LogP contribution in [0.3, 0.4) is 0 Å². The predicted octanol–water partition coefficient (Wildman–Crippen LogP) is 7.49. The average Bonchev–Trinajstić information content (AvgIpc) is 2.95. The number of para-hydroxylation sites is 4. The Labute approximate surface area is 215 Å². The molecule has 0 bridgehead atoms. The molecule has 8 rings (SSSR count). The van der Waals surface area contributed by atoms with Crippen LogP contribution in [-0.4, -0.2) is 4.40 Å². The molecule has 4 nitrogen and oxygen atoms in total. The summed E-state index contributed by atoms with van der Waals surface area (Å²) in [5.74, 6) is 0. The fourth-order valence-electron chi connectivity index (χ4n) is 5.69. The van der Waals surface area contributed by atoms with E-state index in [0.29, 0.717) is 27.1 Å². The maximum atomic E-state index is 14.0. The summed E-state index contributed by atoms with van der Waals surface area (Å²) >= 11 is 1.71. The Balaban J connectivity index is 1.58. The van der Waals surface area contributed by atoms with Crippen molar-refractivity contribution in [1.29, 1.82) is 0 Å². The quantitative estimate of drug-likeness (QED) is 0.175. The van der Waals surface area contributed by atoms with Gasteiger partial charge in [-0.05, 0) is 60.7 Å². The second kappa shape index (κ2) is 7.45. The van der Waals surface area contributed by atoms with Gasteiger partial charge in [-0.25, -0.2) is 0 Å². The van der Waals surface area contributed by atoms with Crippen molar-refractivity contribution in [3.8, 4) is 0 Å². The highest BCUT2D eigenvalue weighted by Gasteiger charge is 2.27. The topological polar surface area (TPSA) is 41.8 Å². The van der Waals surface area contributed by atoms with Crippen LogP contribution in [0.15, 0.2) is 129 Å². The first-order valence-corrected chi connectivity index (χ1v) is 12.9. The van der Waals surface area contributed by atoms with Crippen LogP contribution in [0.5, 0.6) is 0 Å². The lowest BCUT2D eigenvalue weighted by Gasteiger charge is -2.33. The molecule has 5 aromatic carbocycles. The van der Waals surface area contributed by atoms with E-state index in [-0.39, 0.29) is 10.9 Å². The van der Waals surface area contributed by atoms with E-state index in [9.17, 15) is 9.59 Å². The third kappa shape index (κ3) is 2.74. The third-order valence-corrected chi connectivity index (χ3v) is 8.39. The van der Waals surface area contributed by atoms with E-state index in [0.717, 1.165) is 37.9 Å². The van der Waals surface area contributed by atoms with Gasteiger partial charge in [0, 0.05) is 37.0 Å². The van der Waals surface area contributed by atoms with E-state index in [4.69, 9.17) is 0 Å². The highest BCUT2D eigenvalue weighted by atomic mass is 32.2. The number of aromatic nitrogens is 1. The Kier molecular flexibility index (Phi) is 4.14. The van der Waals surface area contributed by atoms with Crippen LogP contribution >= 0.6 is 11.8 Å². The molecule has 0 radical (unpaired) electrons. The van der Waals surface area contributed by atoms with E-state index in [2.05, 4.69) is 45.7 Å². The van der Waals surface area contributed by atoms with Gasteiger partial charge in [0.1, 0.15) is 0 Å². The lowest BCUT2D eigenvalue weighted by Crippen LogP contribution is -2.17. The van der Waals surface area contributed by atoms with Crippen LogP contribution in [0.4, 0.5) is 17.1 Å². The fraction of sp³-hybridized carbons (Fsp3) is 0. The van der Waals surface area contributed by atoms with Crippen molar-refractivity contribution < 1.29 is 0 Å². The number of nitrogens with zero attached hydrogens (tertiary/aromatic N) is 2. The van der Waals surface area contributed by atoms with Crippen molar-refractivity contribution in [2.45, 2.75) is 9.79 Å². The largest absolute Gasteiger partial charge is 0.308 e. The SMILES string of the molecule is O=c1c2ccccc2n2c3cc4c(cc3c(=O)c3cccc1c32)N(c1ccccc1)c1ccccc1S4. The summed E-state index contributed by atoms with van der Waals surface area (Å²) in [5, 5.41) is 2.40. The molecule has 1 aliphatic heterocycles. The molecule has 37 heavy (non-hydrogen) atoms. The van der Waals surface area contributed by atoms with Gasteiger partial charge in [0.05, 0.1) is 27.9 Å². The van der Waals surface area contributed by atoms with Crippen molar-refractivity contribution >= 4 is 66.9 Å². The zero-order valence-electron chi connectivity index (χ0n) is 19.5. The summed E-state index contributed by atoms with van der Waals surface area (Å²) in [6, 6.07) is 35.9. The summed E-state index contributed by atoms with van der Waals surface area (Å²) in [7, 11) is 0. The van der Waals surface area contributed by atoms with Crippen LogP contribution in [0, 0.1) is 0 Å². The Morgan fingerprint density at radius 3 is 2.03 bits per heavy atom. The smallest absolute Gasteiger partial charge is 0.197 e. The van der Waals surface area contributed by atoms with Gasteiger partial charge >= 0.3 is 0 Å². The van der Waals surface area contributed by atoms with Gasteiger partial charge in [-0.15, -0.1) is 0 Å². The Bertz CT molecular complexity index is 2170. The lowest BCUT2D eigenvalue weighted by atomic mass is 10.0. The number of rotatable bonds is 1. The number of benzene rings is 5. The second-order valence-corrected chi connectivity index (χ2v) is 10.4. The molecule has 0 spiro atoms. The van der Waals surface area contributed by atoms with Crippen molar-refractivity contribution in [2.75, 3.05) is 4.90 Å². The molecular formula is C32H18N2O2S. The summed E-state index contributed by atoms with van der Waals surface area (Å²) in [5.41, 5.74) is 5.30. The minimum absolute atomic E-state index is 0.0449. The monoisotopic (exact) mass is 494 g/mol. The molecule has 0 N–H and O–H groups in total. The molecule has 0 amide bonds. The molecule has 2 aromatic heterocycles. The number of hydrogen-bond donors (Lipinski definition) is 0. The van der Waals surface area contributed by atoms with E-state index < -0.39 is 0 Å². The van der Waals surface area contributed by atoms with Crippen LogP contribution in [0.25, 0.3) is 38.1 Å². The van der Waals surface area contributed by atoms with E-state index in [1.807, 2.05) is 72.8 Å². The molecular weight excluding hydrogens is 476 g/mol. The molecule has 0 saturated carbocycles. The normalized spacial score (nSPS) is 12.9. The van der Waals surface area contributed by atoms with Gasteiger partial charge in [0.15, 0.2) is 10.9 Å². The zero-order valence-corrected chi connectivity index (χ0v) is 20.3.